The molecule has 0 heterocycles. The number of halogens is 3. The second kappa shape index (κ2) is 4.87. The van der Waals surface area contributed by atoms with Gasteiger partial charge >= 0.3 is 15.5 Å². The van der Waals surface area contributed by atoms with E-state index in [2.05, 4.69) is 4.15 Å². The van der Waals surface area contributed by atoms with Crippen LogP contribution in [0.2, 0.25) is 0 Å². The van der Waals surface area contributed by atoms with Crippen LogP contribution in [0.15, 0.2) is 4.15 Å². The van der Waals surface area contributed by atoms with Gasteiger partial charge in [0.2, 0.25) is 0 Å². The van der Waals surface area contributed by atoms with Crippen molar-refractivity contribution in [3.8, 4) is 0 Å². The lowest BCUT2D eigenvalue weighted by molar-refractivity contribution is -0.0434. The van der Waals surface area contributed by atoms with Gasteiger partial charge in [0.15, 0.2) is 0 Å². The topological polar surface area (TPSA) is 46.5 Å². The number of hydrogen-bond donors (Lipinski definition) is 0. The largest absolute Gasteiger partial charge is 0.518 e. The highest BCUT2D eigenvalue weighted by atomic mass is 32.2. The molecule has 15 heavy (non-hydrogen) atoms. The molecule has 0 saturated heterocycles. The van der Waals surface area contributed by atoms with E-state index in [1.165, 1.54) is 0 Å². The van der Waals surface area contributed by atoms with Crippen LogP contribution in [0.3, 0.4) is 0 Å². The van der Waals surface area contributed by atoms with E-state index in [0.29, 0.717) is 0 Å². The lowest BCUT2D eigenvalue weighted by Gasteiger charge is -2.15. The Balaban J connectivity index is 5.36. The van der Waals surface area contributed by atoms with Crippen LogP contribution in [0, 0.1) is 0 Å². The number of rotatable bonds is 3. The Hall–Kier alpha value is -0.0300. The third kappa shape index (κ3) is 4.15. The van der Waals surface area contributed by atoms with Crippen molar-refractivity contribution in [2.24, 2.45) is 4.15 Å². The van der Waals surface area contributed by atoms with Crippen molar-refractivity contribution < 1.29 is 21.6 Å². The highest BCUT2D eigenvalue weighted by Gasteiger charge is 2.46. The molecule has 3 nitrogen and oxygen atoms in total. The summed E-state index contributed by atoms with van der Waals surface area (Å²) in [4.78, 5) is 0. The van der Waals surface area contributed by atoms with Crippen LogP contribution < -0.4 is 0 Å². The third-order valence-corrected chi connectivity index (χ3v) is 6.46. The van der Waals surface area contributed by atoms with Gasteiger partial charge in [0, 0.05) is 0 Å². The summed E-state index contributed by atoms with van der Waals surface area (Å²) in [6.45, 7) is 6.74. The second-order valence-corrected chi connectivity index (χ2v) is 9.05. The molecule has 8 heteroatoms. The number of sulfonamides is 1. The molecule has 0 aromatic heterocycles. The van der Waals surface area contributed by atoms with Crippen LogP contribution >= 0.6 is 7.71 Å². The Labute approximate surface area is 88.6 Å². The summed E-state index contributed by atoms with van der Waals surface area (Å²) >= 11 is 0. The molecule has 0 N–H and O–H groups in total. The maximum Gasteiger partial charge on any atom is 0.518 e. The molecule has 0 aliphatic heterocycles. The molecule has 0 aromatic carbocycles. The van der Waals surface area contributed by atoms with Gasteiger partial charge in [0.05, 0.1) is 0 Å². The molecule has 92 valence electrons. The molecule has 0 spiro atoms. The quantitative estimate of drug-likeness (QED) is 0.736. The van der Waals surface area contributed by atoms with E-state index in [4.69, 9.17) is 0 Å². The van der Waals surface area contributed by atoms with E-state index < -0.39 is 23.2 Å². The molecule has 0 saturated carbocycles. The first-order chi connectivity index (χ1) is 6.49. The van der Waals surface area contributed by atoms with Gasteiger partial charge in [0.1, 0.15) is 0 Å². The highest BCUT2D eigenvalue weighted by molar-refractivity contribution is 7.93. The van der Waals surface area contributed by atoms with Crippen LogP contribution in [0.1, 0.15) is 27.7 Å². The van der Waals surface area contributed by atoms with E-state index in [1.807, 2.05) is 0 Å². The molecule has 0 aliphatic carbocycles. The minimum Gasteiger partial charge on any atom is -0.195 e. The molecule has 0 unspecified atom stereocenters. The Bertz CT molecular complexity index is 336. The zero-order chi connectivity index (χ0) is 12.4. The molecule has 0 aromatic rings. The van der Waals surface area contributed by atoms with Crippen molar-refractivity contribution >= 4 is 17.7 Å². The highest BCUT2D eigenvalue weighted by Crippen LogP contribution is 2.41. The van der Waals surface area contributed by atoms with Gasteiger partial charge < -0.3 is 0 Å². The first kappa shape index (κ1) is 15.0. The van der Waals surface area contributed by atoms with Gasteiger partial charge in [-0.05, 0) is 19.0 Å². The molecule has 0 atom stereocenters. The van der Waals surface area contributed by atoms with Gasteiger partial charge in [-0.25, -0.2) is 0 Å². The van der Waals surface area contributed by atoms with Gasteiger partial charge in [-0.15, -0.1) is 0 Å². The molecular weight excluding hydrogens is 250 g/mol. The Morgan fingerprint density at radius 1 is 1.07 bits per heavy atom. The maximum atomic E-state index is 12.1. The summed E-state index contributed by atoms with van der Waals surface area (Å²) in [5.41, 5.74) is -5.56. The molecule has 0 rings (SSSR count). The summed E-state index contributed by atoms with van der Waals surface area (Å²) in [6.07, 6.45) is 0. The zero-order valence-corrected chi connectivity index (χ0v) is 10.8. The molecule has 0 radical (unpaired) electrons. The number of alkyl halides is 3. The van der Waals surface area contributed by atoms with E-state index in [0.717, 1.165) is 0 Å². The van der Waals surface area contributed by atoms with Crippen molar-refractivity contribution in [3.63, 3.8) is 0 Å². The van der Waals surface area contributed by atoms with Gasteiger partial charge in [-0.2, -0.15) is 25.7 Å². The van der Waals surface area contributed by atoms with E-state index in [1.54, 1.807) is 27.7 Å². The van der Waals surface area contributed by atoms with Crippen molar-refractivity contribution in [2.75, 3.05) is 0 Å². The number of hydrogen-bond acceptors (Lipinski definition) is 2. The van der Waals surface area contributed by atoms with Crippen molar-refractivity contribution in [1.82, 2.24) is 0 Å². The minimum atomic E-state index is -5.32. The SMILES string of the molecule is CC(C)[PH](=NS(=O)(=O)C(F)(F)F)C(C)C. The van der Waals surface area contributed by atoms with Gasteiger partial charge in [0.25, 0.3) is 0 Å². The Morgan fingerprint density at radius 3 is 1.60 bits per heavy atom. The Kier molecular flexibility index (Phi) is 4.86. The van der Waals surface area contributed by atoms with Crippen molar-refractivity contribution in [3.05, 3.63) is 0 Å². The monoisotopic (exact) mass is 265 g/mol. The van der Waals surface area contributed by atoms with Crippen molar-refractivity contribution in [2.45, 2.75) is 44.5 Å². The fraction of sp³-hybridized carbons (Fsp3) is 1.00. The summed E-state index contributed by atoms with van der Waals surface area (Å²) in [5, 5.41) is 0. The summed E-state index contributed by atoms with van der Waals surface area (Å²) in [6, 6.07) is 0. The predicted octanol–water partition coefficient (Wildman–Crippen LogP) is 3.05. The first-order valence-corrected chi connectivity index (χ1v) is 7.44. The fourth-order valence-corrected chi connectivity index (χ4v) is 5.61. The fourth-order valence-electron chi connectivity index (χ4n) is 1.07. The van der Waals surface area contributed by atoms with E-state index in [-0.39, 0.29) is 11.3 Å². The van der Waals surface area contributed by atoms with Crippen LogP contribution in [0.4, 0.5) is 13.2 Å². The average Bonchev–Trinajstić information content (AvgIpc) is 1.96. The average molecular weight is 265 g/mol. The first-order valence-electron chi connectivity index (χ1n) is 4.40. The second-order valence-electron chi connectivity index (χ2n) is 3.75. The molecular formula is C7H15F3NO2PS. The predicted molar refractivity (Wildman–Crippen MR) is 56.0 cm³/mol. The molecule has 0 amide bonds. The smallest absolute Gasteiger partial charge is 0.195 e. The molecule has 0 fully saturated rings. The zero-order valence-electron chi connectivity index (χ0n) is 8.96. The van der Waals surface area contributed by atoms with Gasteiger partial charge in [-0.3, -0.25) is 0 Å². The van der Waals surface area contributed by atoms with Crippen LogP contribution in [-0.4, -0.2) is 25.2 Å². The van der Waals surface area contributed by atoms with Crippen LogP contribution in [0.5, 0.6) is 0 Å². The third-order valence-electron chi connectivity index (χ3n) is 1.70. The molecule has 0 aliphatic rings. The summed E-state index contributed by atoms with van der Waals surface area (Å²) in [5.74, 6) is 0. The van der Waals surface area contributed by atoms with E-state index in [9.17, 15) is 21.6 Å². The number of nitrogens with zero attached hydrogens (tertiary/aromatic N) is 1. The van der Waals surface area contributed by atoms with Gasteiger partial charge in [-0.1, -0.05) is 27.7 Å². The maximum absolute atomic E-state index is 12.1. The summed E-state index contributed by atoms with van der Waals surface area (Å²) < 4.78 is 60.8. The normalized spacial score (nSPS) is 14.0. The Morgan fingerprint density at radius 2 is 1.40 bits per heavy atom. The van der Waals surface area contributed by atoms with Crippen LogP contribution in [0.25, 0.3) is 0 Å². The van der Waals surface area contributed by atoms with Crippen molar-refractivity contribution in [1.29, 1.82) is 0 Å². The minimum absolute atomic E-state index is 0.146. The lowest BCUT2D eigenvalue weighted by Crippen LogP contribution is -2.20. The molecule has 0 bridgehead atoms. The standard InChI is InChI=1S/C7H15F3NO2PS/c1-5(2)14(6(3)4)11-15(12,13)7(8,9)10/h5-6,14H,1-4H3. The van der Waals surface area contributed by atoms with Crippen LogP contribution in [-0.2, 0) is 10.0 Å². The van der Waals surface area contributed by atoms with E-state index >= 15 is 0 Å². The summed E-state index contributed by atoms with van der Waals surface area (Å²) in [7, 11) is -7.22. The lowest BCUT2D eigenvalue weighted by atomic mass is 10.5.